The van der Waals surface area contributed by atoms with Crippen molar-refractivity contribution in [3.05, 3.63) is 23.8 Å². The predicted octanol–water partition coefficient (Wildman–Crippen LogP) is 3.01. The third-order valence-electron chi connectivity index (χ3n) is 2.16. The third kappa shape index (κ3) is 2.07. The van der Waals surface area contributed by atoms with E-state index >= 15 is 0 Å². The van der Waals surface area contributed by atoms with Crippen LogP contribution in [0.2, 0.25) is 0 Å². The molecule has 1 unspecified atom stereocenters. The maximum absolute atomic E-state index is 11.1. The van der Waals surface area contributed by atoms with E-state index < -0.39 is 0 Å². The van der Waals surface area contributed by atoms with Crippen LogP contribution in [0, 0.1) is 0 Å². The van der Waals surface area contributed by atoms with Crippen LogP contribution in [-0.2, 0) is 4.79 Å². The molecule has 0 spiro atoms. The molecular weight excluding hydrogens is 216 g/mol. The maximum atomic E-state index is 11.1. The Morgan fingerprint density at radius 1 is 1.75 bits per heavy atom. The van der Waals surface area contributed by atoms with E-state index in [1.54, 1.807) is 6.92 Å². The van der Waals surface area contributed by atoms with E-state index in [9.17, 15) is 4.79 Å². The molecule has 66 valence electrons. The molecule has 0 fully saturated rings. The fourth-order valence-electron chi connectivity index (χ4n) is 1.23. The number of alkyl halides is 1. The molecule has 0 bridgehead atoms. The molecule has 0 aromatic carbocycles. The molecule has 1 rings (SSSR count). The lowest BCUT2D eigenvalue weighted by molar-refractivity contribution is -0.113. The predicted molar refractivity (Wildman–Crippen MR) is 54.5 cm³/mol. The Balaban J connectivity index is 2.89. The second kappa shape index (κ2) is 3.56. The average Bonchev–Trinajstić information content (AvgIpc) is 2.05. The smallest absolute Gasteiger partial charge is 0.159 e. The first-order chi connectivity index (χ1) is 5.57. The number of carbonyl (C=O) groups excluding carboxylic acids is 1. The van der Waals surface area contributed by atoms with Gasteiger partial charge >= 0.3 is 0 Å². The number of rotatable bonds is 2. The van der Waals surface area contributed by atoms with Gasteiger partial charge in [0.15, 0.2) is 5.78 Å². The van der Waals surface area contributed by atoms with Crippen molar-refractivity contribution in [2.75, 3.05) is 0 Å². The van der Waals surface area contributed by atoms with Gasteiger partial charge in [-0.2, -0.15) is 0 Å². The Bertz CT molecular complexity index is 253. The number of ketones is 1. The van der Waals surface area contributed by atoms with Gasteiger partial charge in [-0.05, 0) is 19.8 Å². The highest BCUT2D eigenvalue weighted by Gasteiger charge is 2.23. The molecule has 0 heterocycles. The normalized spacial score (nSPS) is 28.4. The molecule has 1 nitrogen and oxygen atoms in total. The highest BCUT2D eigenvalue weighted by atomic mass is 79.9. The Hall–Kier alpha value is -0.370. The van der Waals surface area contributed by atoms with Crippen LogP contribution in [0.1, 0.15) is 26.7 Å². The van der Waals surface area contributed by atoms with Crippen LogP contribution in [-0.4, -0.2) is 10.1 Å². The van der Waals surface area contributed by atoms with Gasteiger partial charge in [0.2, 0.25) is 0 Å². The van der Waals surface area contributed by atoms with Crippen molar-refractivity contribution in [1.82, 2.24) is 0 Å². The first kappa shape index (κ1) is 9.72. The van der Waals surface area contributed by atoms with Crippen molar-refractivity contribution >= 4 is 21.7 Å². The van der Waals surface area contributed by atoms with Gasteiger partial charge in [0.25, 0.3) is 0 Å². The Labute approximate surface area is 81.7 Å². The molecule has 1 aliphatic carbocycles. The molecule has 0 amide bonds. The number of Topliss-reactive ketones (excluding diaryl/α,β-unsaturated/α-hetero) is 1. The van der Waals surface area contributed by atoms with Gasteiger partial charge < -0.3 is 0 Å². The number of hydrogen-bond acceptors (Lipinski definition) is 1. The van der Waals surface area contributed by atoms with E-state index in [1.807, 2.05) is 12.2 Å². The summed E-state index contributed by atoms with van der Waals surface area (Å²) < 4.78 is 0.0166. The lowest BCUT2D eigenvalue weighted by atomic mass is 9.92. The molecule has 0 aliphatic heterocycles. The summed E-state index contributed by atoms with van der Waals surface area (Å²) in [6, 6.07) is 0. The topological polar surface area (TPSA) is 17.1 Å². The summed E-state index contributed by atoms with van der Waals surface area (Å²) in [6.45, 7) is 3.72. The van der Waals surface area contributed by atoms with E-state index in [0.717, 1.165) is 18.4 Å². The Kier molecular flexibility index (Phi) is 2.89. The minimum absolute atomic E-state index is 0.0166. The van der Waals surface area contributed by atoms with E-state index in [-0.39, 0.29) is 10.1 Å². The fourth-order valence-corrected chi connectivity index (χ4v) is 1.67. The average molecular weight is 229 g/mol. The van der Waals surface area contributed by atoms with Crippen molar-refractivity contribution in [1.29, 1.82) is 0 Å². The molecule has 12 heavy (non-hydrogen) atoms. The molecule has 0 radical (unpaired) electrons. The number of allylic oxidation sites excluding steroid dienone is 4. The minimum atomic E-state index is 0.0166. The van der Waals surface area contributed by atoms with Crippen molar-refractivity contribution in [2.24, 2.45) is 0 Å². The number of carbonyl (C=O) groups is 1. The molecule has 0 aromatic rings. The van der Waals surface area contributed by atoms with Gasteiger partial charge in [-0.1, -0.05) is 41.1 Å². The molecule has 0 saturated heterocycles. The summed E-state index contributed by atoms with van der Waals surface area (Å²) in [5.41, 5.74) is 0.819. The van der Waals surface area contributed by atoms with Gasteiger partial charge in [-0.25, -0.2) is 0 Å². The standard InChI is InChI=1S/C10H13BrO/c1-3-10(11)6-4-5-9(7-10)8(2)12/h4-5,7H,3,6H2,1-2H3. The zero-order valence-corrected chi connectivity index (χ0v) is 9.02. The van der Waals surface area contributed by atoms with Crippen molar-refractivity contribution < 1.29 is 4.79 Å². The SMILES string of the molecule is CCC1(Br)C=C(C(C)=O)C=CC1. The molecule has 0 saturated carbocycles. The highest BCUT2D eigenvalue weighted by molar-refractivity contribution is 9.10. The molecule has 0 N–H and O–H groups in total. The van der Waals surface area contributed by atoms with Crippen LogP contribution in [0.25, 0.3) is 0 Å². The number of halogens is 1. The zero-order valence-electron chi connectivity index (χ0n) is 7.43. The largest absolute Gasteiger partial charge is 0.295 e. The lowest BCUT2D eigenvalue weighted by Gasteiger charge is -2.24. The van der Waals surface area contributed by atoms with Crippen LogP contribution in [0.4, 0.5) is 0 Å². The summed E-state index contributed by atoms with van der Waals surface area (Å²) in [4.78, 5) is 11.1. The van der Waals surface area contributed by atoms with Crippen LogP contribution >= 0.6 is 15.9 Å². The molecule has 0 aromatic heterocycles. The lowest BCUT2D eigenvalue weighted by Crippen LogP contribution is -2.19. The zero-order chi connectivity index (χ0) is 9.19. The van der Waals surface area contributed by atoms with Gasteiger partial charge in [-0.15, -0.1) is 0 Å². The van der Waals surface area contributed by atoms with Gasteiger partial charge in [0.05, 0.1) is 0 Å². The van der Waals surface area contributed by atoms with E-state index in [1.165, 1.54) is 0 Å². The third-order valence-corrected chi connectivity index (χ3v) is 3.28. The summed E-state index contributed by atoms with van der Waals surface area (Å²) in [7, 11) is 0. The minimum Gasteiger partial charge on any atom is -0.295 e. The second-order valence-electron chi connectivity index (χ2n) is 3.15. The number of hydrogen-bond donors (Lipinski definition) is 0. The van der Waals surface area contributed by atoms with Crippen LogP contribution < -0.4 is 0 Å². The molecule has 1 aliphatic rings. The monoisotopic (exact) mass is 228 g/mol. The van der Waals surface area contributed by atoms with Crippen molar-refractivity contribution in [2.45, 2.75) is 31.0 Å². The Morgan fingerprint density at radius 2 is 2.42 bits per heavy atom. The van der Waals surface area contributed by atoms with E-state index in [0.29, 0.717) is 0 Å². The molecule has 2 heteroatoms. The summed E-state index contributed by atoms with van der Waals surface area (Å²) in [5, 5.41) is 0. The van der Waals surface area contributed by atoms with Crippen LogP contribution in [0.3, 0.4) is 0 Å². The Morgan fingerprint density at radius 3 is 2.92 bits per heavy atom. The second-order valence-corrected chi connectivity index (χ2v) is 4.73. The van der Waals surface area contributed by atoms with Crippen LogP contribution in [0.5, 0.6) is 0 Å². The highest BCUT2D eigenvalue weighted by Crippen LogP contribution is 2.33. The van der Waals surface area contributed by atoms with Gasteiger partial charge in [0, 0.05) is 9.90 Å². The summed E-state index contributed by atoms with van der Waals surface area (Å²) in [6.07, 6.45) is 7.95. The van der Waals surface area contributed by atoms with Gasteiger partial charge in [-0.3, -0.25) is 4.79 Å². The van der Waals surface area contributed by atoms with E-state index in [2.05, 4.69) is 28.9 Å². The summed E-state index contributed by atoms with van der Waals surface area (Å²) >= 11 is 3.62. The fraction of sp³-hybridized carbons (Fsp3) is 0.500. The maximum Gasteiger partial charge on any atom is 0.159 e. The molecule has 1 atom stereocenters. The van der Waals surface area contributed by atoms with E-state index in [4.69, 9.17) is 0 Å². The van der Waals surface area contributed by atoms with Gasteiger partial charge in [0.1, 0.15) is 0 Å². The first-order valence-corrected chi connectivity index (χ1v) is 4.96. The van der Waals surface area contributed by atoms with Crippen LogP contribution in [0.15, 0.2) is 23.8 Å². The first-order valence-electron chi connectivity index (χ1n) is 4.16. The quantitative estimate of drug-likeness (QED) is 0.665. The van der Waals surface area contributed by atoms with Crippen molar-refractivity contribution in [3.63, 3.8) is 0 Å². The summed E-state index contributed by atoms with van der Waals surface area (Å²) in [5.74, 6) is 0.142. The van der Waals surface area contributed by atoms with Crippen molar-refractivity contribution in [3.8, 4) is 0 Å². The molecular formula is C10H13BrO.